The van der Waals surface area contributed by atoms with Gasteiger partial charge in [-0.2, -0.15) is 0 Å². The summed E-state index contributed by atoms with van der Waals surface area (Å²) in [5, 5.41) is 0. The number of hydrogen-bond donors (Lipinski definition) is 0. The zero-order valence-electron chi connectivity index (χ0n) is 4.10. The van der Waals surface area contributed by atoms with Crippen LogP contribution in [0.2, 0.25) is 0 Å². The predicted molar refractivity (Wildman–Crippen MR) is 28.6 cm³/mol. The van der Waals surface area contributed by atoms with Crippen molar-refractivity contribution in [2.45, 2.75) is 6.92 Å². The van der Waals surface area contributed by atoms with E-state index in [4.69, 9.17) is 0 Å². The van der Waals surface area contributed by atoms with E-state index in [0.29, 0.717) is 0 Å². The van der Waals surface area contributed by atoms with Gasteiger partial charge >= 0.3 is 0 Å². The number of nitrogens with zero attached hydrogens (tertiary/aromatic N) is 2. The Morgan fingerprint density at radius 1 is 1.67 bits per heavy atom. The van der Waals surface area contributed by atoms with Gasteiger partial charge in [0.15, 0.2) is 0 Å². The van der Waals surface area contributed by atoms with Crippen molar-refractivity contribution in [1.82, 2.24) is 0 Å². The normalized spacial score (nSPS) is 11.3. The summed E-state index contributed by atoms with van der Waals surface area (Å²) >= 11 is 0. The molecule has 0 aromatic heterocycles. The highest BCUT2D eigenvalue weighted by atomic mass is 14.9. The lowest BCUT2D eigenvalue weighted by molar-refractivity contribution is 1.39. The zero-order valence-corrected chi connectivity index (χ0v) is 4.10. The van der Waals surface area contributed by atoms with E-state index in [9.17, 15) is 0 Å². The minimum Gasteiger partial charge on any atom is -0.274 e. The molecular formula is C4H8N2. The molecular weight excluding hydrogens is 76.1 g/mol. The lowest BCUT2D eigenvalue weighted by Gasteiger charge is -1.78. The average molecular weight is 84.1 g/mol. The van der Waals surface area contributed by atoms with Crippen molar-refractivity contribution in [2.75, 3.05) is 7.05 Å². The molecule has 0 atom stereocenters. The molecule has 0 aromatic carbocycles. The molecule has 0 unspecified atom stereocenters. The Labute approximate surface area is 37.6 Å². The van der Waals surface area contributed by atoms with Gasteiger partial charge in [0.1, 0.15) is 5.84 Å². The monoisotopic (exact) mass is 84.1 g/mol. The smallest absolute Gasteiger partial charge is 0.119 e. The lowest BCUT2D eigenvalue weighted by Crippen LogP contribution is -1.78. The Morgan fingerprint density at radius 3 is 2.17 bits per heavy atom. The molecule has 0 aromatic rings. The highest BCUT2D eigenvalue weighted by Gasteiger charge is 1.69. The van der Waals surface area contributed by atoms with E-state index in [0.717, 1.165) is 5.84 Å². The summed E-state index contributed by atoms with van der Waals surface area (Å²) in [4.78, 5) is 7.20. The summed E-state index contributed by atoms with van der Waals surface area (Å²) in [7, 11) is 1.68. The largest absolute Gasteiger partial charge is 0.274 e. The van der Waals surface area contributed by atoms with Crippen LogP contribution in [0, 0.1) is 0 Å². The molecule has 0 radical (unpaired) electrons. The van der Waals surface area contributed by atoms with E-state index in [1.807, 2.05) is 0 Å². The van der Waals surface area contributed by atoms with Crippen LogP contribution in [0.3, 0.4) is 0 Å². The van der Waals surface area contributed by atoms with E-state index in [2.05, 4.69) is 16.7 Å². The van der Waals surface area contributed by atoms with E-state index in [1.54, 1.807) is 14.0 Å². The third-order valence-corrected chi connectivity index (χ3v) is 0.552. The number of hydrogen-bond acceptors (Lipinski definition) is 1. The van der Waals surface area contributed by atoms with Crippen LogP contribution in [-0.4, -0.2) is 19.6 Å². The summed E-state index contributed by atoms with van der Waals surface area (Å²) in [6, 6.07) is 0. The van der Waals surface area contributed by atoms with Crippen molar-refractivity contribution >= 4 is 12.6 Å². The minimum absolute atomic E-state index is 0.731. The molecule has 0 heterocycles. The van der Waals surface area contributed by atoms with Gasteiger partial charge in [-0.1, -0.05) is 0 Å². The molecule has 0 spiro atoms. The molecule has 0 aliphatic carbocycles. The molecule has 0 amide bonds. The van der Waals surface area contributed by atoms with Crippen LogP contribution >= 0.6 is 0 Å². The van der Waals surface area contributed by atoms with Crippen LogP contribution in [-0.2, 0) is 0 Å². The third kappa shape index (κ3) is 1.64. The first-order valence-electron chi connectivity index (χ1n) is 1.71. The van der Waals surface area contributed by atoms with Crippen molar-refractivity contribution in [1.29, 1.82) is 0 Å². The third-order valence-electron chi connectivity index (χ3n) is 0.552. The summed E-state index contributed by atoms with van der Waals surface area (Å²) in [5.41, 5.74) is 0. The fourth-order valence-electron chi connectivity index (χ4n) is 0.0707. The van der Waals surface area contributed by atoms with Crippen molar-refractivity contribution in [3.63, 3.8) is 0 Å². The Kier molecular flexibility index (Phi) is 2.29. The van der Waals surface area contributed by atoms with Gasteiger partial charge in [-0.25, -0.2) is 4.99 Å². The number of aliphatic imine (C=N–C) groups is 2. The molecule has 0 saturated carbocycles. The lowest BCUT2D eigenvalue weighted by atomic mass is 10.7. The topological polar surface area (TPSA) is 24.7 Å². The maximum Gasteiger partial charge on any atom is 0.119 e. The second-order valence-corrected chi connectivity index (χ2v) is 0.929. The highest BCUT2D eigenvalue weighted by molar-refractivity contribution is 5.83. The Bertz CT molecular complexity index is 73.6. The van der Waals surface area contributed by atoms with Gasteiger partial charge in [-0.3, -0.25) is 4.99 Å². The van der Waals surface area contributed by atoms with Crippen molar-refractivity contribution in [3.8, 4) is 0 Å². The maximum absolute atomic E-state index is 3.69. The molecule has 0 rings (SSSR count). The van der Waals surface area contributed by atoms with Crippen LogP contribution in [0.1, 0.15) is 6.92 Å². The first kappa shape index (κ1) is 5.34. The second-order valence-electron chi connectivity index (χ2n) is 0.929. The van der Waals surface area contributed by atoms with Gasteiger partial charge in [-0.05, 0) is 13.6 Å². The standard InChI is InChI=1S/C4H8N2/c1-4(5-2)6-3/h2H2,1,3H3/b6-4-. The first-order valence-corrected chi connectivity index (χ1v) is 1.71. The summed E-state index contributed by atoms with van der Waals surface area (Å²) < 4.78 is 0. The molecule has 6 heavy (non-hydrogen) atoms. The average Bonchev–Trinajstić information content (AvgIpc) is 1.65. The Morgan fingerprint density at radius 2 is 2.17 bits per heavy atom. The van der Waals surface area contributed by atoms with Crippen LogP contribution in [0.15, 0.2) is 9.98 Å². The first-order chi connectivity index (χ1) is 2.81. The van der Waals surface area contributed by atoms with Crippen LogP contribution in [0.25, 0.3) is 0 Å². The van der Waals surface area contributed by atoms with Gasteiger partial charge in [0, 0.05) is 7.05 Å². The summed E-state index contributed by atoms with van der Waals surface area (Å²) in [6.07, 6.45) is 0. The molecule has 2 nitrogen and oxygen atoms in total. The molecule has 0 aliphatic heterocycles. The molecule has 2 heteroatoms. The van der Waals surface area contributed by atoms with Gasteiger partial charge < -0.3 is 0 Å². The van der Waals surface area contributed by atoms with Crippen LogP contribution in [0.4, 0.5) is 0 Å². The summed E-state index contributed by atoms with van der Waals surface area (Å²) in [5.74, 6) is 0.731. The fraction of sp³-hybridized carbons (Fsp3) is 0.500. The molecule has 0 aliphatic rings. The highest BCUT2D eigenvalue weighted by Crippen LogP contribution is 1.69. The molecule has 34 valence electrons. The molecule has 0 bridgehead atoms. The molecule has 0 saturated heterocycles. The molecule has 0 N–H and O–H groups in total. The van der Waals surface area contributed by atoms with E-state index in [-0.39, 0.29) is 0 Å². The Balaban J connectivity index is 3.50. The van der Waals surface area contributed by atoms with E-state index < -0.39 is 0 Å². The number of rotatable bonds is 0. The van der Waals surface area contributed by atoms with E-state index >= 15 is 0 Å². The minimum atomic E-state index is 0.731. The van der Waals surface area contributed by atoms with Crippen LogP contribution < -0.4 is 0 Å². The van der Waals surface area contributed by atoms with E-state index in [1.165, 1.54) is 0 Å². The quantitative estimate of drug-likeness (QED) is 0.305. The summed E-state index contributed by atoms with van der Waals surface area (Å²) in [6.45, 7) is 5.05. The number of amidine groups is 1. The van der Waals surface area contributed by atoms with Crippen LogP contribution in [0.5, 0.6) is 0 Å². The Hall–Kier alpha value is -0.660. The fourth-order valence-corrected chi connectivity index (χ4v) is 0.0707. The zero-order chi connectivity index (χ0) is 4.99. The van der Waals surface area contributed by atoms with Gasteiger partial charge in [0.2, 0.25) is 0 Å². The molecule has 0 fully saturated rings. The van der Waals surface area contributed by atoms with Gasteiger partial charge in [0.25, 0.3) is 0 Å². The SMILES string of the molecule is C=N/C(C)=N\C. The van der Waals surface area contributed by atoms with Crippen molar-refractivity contribution in [3.05, 3.63) is 0 Å². The van der Waals surface area contributed by atoms with Gasteiger partial charge in [0.05, 0.1) is 0 Å². The maximum atomic E-state index is 3.69. The predicted octanol–water partition coefficient (Wildman–Crippen LogP) is 0.735. The van der Waals surface area contributed by atoms with Crippen molar-refractivity contribution in [2.24, 2.45) is 9.98 Å². The second kappa shape index (κ2) is 2.57. The van der Waals surface area contributed by atoms with Gasteiger partial charge in [-0.15, -0.1) is 0 Å². The van der Waals surface area contributed by atoms with Crippen molar-refractivity contribution < 1.29 is 0 Å².